The number of nitrogens with one attached hydrogen (secondary N) is 3. The summed E-state index contributed by atoms with van der Waals surface area (Å²) in [5.74, 6) is -2.49. The Hall–Kier alpha value is -4.55. The van der Waals surface area contributed by atoms with Gasteiger partial charge in [0.15, 0.2) is 5.82 Å². The number of aliphatic carboxylic acids is 1. The number of carbonyl (C=O) groups excluding carboxylic acids is 1. The normalized spacial score (nSPS) is 12.4. The number of ether oxygens (including phenoxy) is 1. The largest absolute Gasteiger partial charge is 0.573 e. The molecule has 2 heterocycles. The lowest BCUT2D eigenvalue weighted by Crippen LogP contribution is -2.26. The number of fused-ring (bicyclic) bond motifs is 1. The number of amides is 1. The third-order valence-electron chi connectivity index (χ3n) is 4.91. The first kappa shape index (κ1) is 23.6. The molecule has 13 heteroatoms. The lowest BCUT2D eigenvalue weighted by atomic mass is 10.1. The van der Waals surface area contributed by atoms with E-state index in [1.807, 2.05) is 0 Å². The average Bonchev–Trinajstić information content (AvgIpc) is 3.35. The van der Waals surface area contributed by atoms with Crippen molar-refractivity contribution in [3.63, 3.8) is 0 Å². The van der Waals surface area contributed by atoms with Crippen molar-refractivity contribution in [2.45, 2.75) is 19.3 Å². The predicted octanol–water partition coefficient (Wildman–Crippen LogP) is 4.50. The van der Waals surface area contributed by atoms with Crippen LogP contribution in [0.2, 0.25) is 0 Å². The summed E-state index contributed by atoms with van der Waals surface area (Å²) in [6.07, 6.45) is -3.60. The number of imidazole rings is 1. The van der Waals surface area contributed by atoms with Crippen LogP contribution in [0.5, 0.6) is 5.75 Å². The van der Waals surface area contributed by atoms with Crippen LogP contribution in [0.15, 0.2) is 54.7 Å². The molecular formula is C22H17F4N5O4. The van der Waals surface area contributed by atoms with Crippen molar-refractivity contribution in [1.29, 1.82) is 0 Å². The van der Waals surface area contributed by atoms with Gasteiger partial charge in [-0.1, -0.05) is 0 Å². The first-order valence-corrected chi connectivity index (χ1v) is 10.0. The highest BCUT2D eigenvalue weighted by atomic mass is 19.4. The molecule has 4 aromatic rings. The second-order valence-corrected chi connectivity index (χ2v) is 7.40. The van der Waals surface area contributed by atoms with Gasteiger partial charge in [-0.15, -0.1) is 13.2 Å². The highest BCUT2D eigenvalue weighted by molar-refractivity contribution is 6.08. The molecule has 0 saturated heterocycles. The van der Waals surface area contributed by atoms with Crippen LogP contribution in [0.4, 0.5) is 29.1 Å². The molecule has 2 aromatic carbocycles. The molecule has 1 unspecified atom stereocenters. The maximum atomic E-state index is 13.1. The molecule has 0 aliphatic heterocycles. The van der Waals surface area contributed by atoms with Gasteiger partial charge in [-0.25, -0.2) is 4.39 Å². The Morgan fingerprint density at radius 1 is 1.11 bits per heavy atom. The fourth-order valence-corrected chi connectivity index (χ4v) is 3.25. The number of carboxylic acid groups (broad SMARTS) is 1. The summed E-state index contributed by atoms with van der Waals surface area (Å²) in [6.45, 7) is 1.39. The molecule has 2 aromatic heterocycles. The van der Waals surface area contributed by atoms with E-state index >= 15 is 0 Å². The summed E-state index contributed by atoms with van der Waals surface area (Å²) < 4.78 is 55.7. The van der Waals surface area contributed by atoms with E-state index in [-0.39, 0.29) is 22.7 Å². The lowest BCUT2D eigenvalue weighted by molar-refractivity contribution is -0.274. The molecule has 4 N–H and O–H groups in total. The zero-order valence-electron chi connectivity index (χ0n) is 17.9. The number of anilines is 2. The van der Waals surface area contributed by atoms with Crippen molar-refractivity contribution in [3.05, 3.63) is 66.1 Å². The Balaban J connectivity index is 1.73. The topological polar surface area (TPSA) is 121 Å². The summed E-state index contributed by atoms with van der Waals surface area (Å²) in [4.78, 5) is 27.2. The number of hydrogen-bond acceptors (Lipinski definition) is 5. The minimum atomic E-state index is -4.86. The van der Waals surface area contributed by atoms with E-state index in [0.29, 0.717) is 11.3 Å². The van der Waals surface area contributed by atoms with Crippen LogP contribution in [0.1, 0.15) is 17.3 Å². The van der Waals surface area contributed by atoms with Crippen LogP contribution < -0.4 is 15.4 Å². The van der Waals surface area contributed by atoms with Gasteiger partial charge in [0.2, 0.25) is 0 Å². The van der Waals surface area contributed by atoms with Gasteiger partial charge >= 0.3 is 12.3 Å². The van der Waals surface area contributed by atoms with Crippen LogP contribution in [-0.4, -0.2) is 44.0 Å². The Kier molecular flexibility index (Phi) is 6.07. The molecule has 0 aliphatic rings. The van der Waals surface area contributed by atoms with Crippen molar-refractivity contribution in [2.75, 3.05) is 10.6 Å². The number of H-pyrrole nitrogens is 1. The summed E-state index contributed by atoms with van der Waals surface area (Å²) in [6, 6.07) is 8.90. The zero-order valence-corrected chi connectivity index (χ0v) is 17.9. The molecule has 0 fully saturated rings. The van der Waals surface area contributed by atoms with Gasteiger partial charge in [0.1, 0.15) is 28.8 Å². The van der Waals surface area contributed by atoms with Crippen LogP contribution >= 0.6 is 0 Å². The Labute approximate surface area is 194 Å². The number of rotatable bonds is 7. The van der Waals surface area contributed by atoms with E-state index < -0.39 is 35.8 Å². The van der Waals surface area contributed by atoms with E-state index in [1.54, 1.807) is 0 Å². The van der Waals surface area contributed by atoms with E-state index in [9.17, 15) is 32.3 Å². The number of alkyl halides is 3. The monoisotopic (exact) mass is 491 g/mol. The number of benzene rings is 2. The third kappa shape index (κ3) is 5.18. The second-order valence-electron chi connectivity index (χ2n) is 7.40. The molecular weight excluding hydrogens is 474 g/mol. The van der Waals surface area contributed by atoms with Crippen molar-refractivity contribution in [2.24, 2.45) is 0 Å². The quantitative estimate of drug-likeness (QED) is 0.283. The Morgan fingerprint density at radius 2 is 1.77 bits per heavy atom. The van der Waals surface area contributed by atoms with Crippen molar-refractivity contribution >= 4 is 29.0 Å². The fraction of sp³-hybridized carbons (Fsp3) is 0.136. The number of aromatic nitrogens is 3. The van der Waals surface area contributed by atoms with E-state index in [4.69, 9.17) is 0 Å². The van der Waals surface area contributed by atoms with Gasteiger partial charge in [0, 0.05) is 11.3 Å². The van der Waals surface area contributed by atoms with Gasteiger partial charge in [0.05, 0.1) is 11.9 Å². The molecule has 182 valence electrons. The van der Waals surface area contributed by atoms with Crippen molar-refractivity contribution in [1.82, 2.24) is 14.6 Å². The summed E-state index contributed by atoms with van der Waals surface area (Å²) in [5, 5.41) is 18.9. The van der Waals surface area contributed by atoms with E-state index in [0.717, 1.165) is 12.1 Å². The third-order valence-corrected chi connectivity index (χ3v) is 4.91. The SMILES string of the molecule is CC(Nc1c(-c2ccc(OC(F)(F)F)cc2)[nH]c2c(C(=O)Nc3ccc(F)cc3)cnn12)C(=O)O. The van der Waals surface area contributed by atoms with Gasteiger partial charge in [-0.05, 0) is 55.5 Å². The van der Waals surface area contributed by atoms with Crippen LogP contribution in [0, 0.1) is 5.82 Å². The molecule has 35 heavy (non-hydrogen) atoms. The van der Waals surface area contributed by atoms with Gasteiger partial charge < -0.3 is 25.5 Å². The molecule has 0 saturated carbocycles. The highest BCUT2D eigenvalue weighted by Gasteiger charge is 2.31. The smallest absolute Gasteiger partial charge is 0.480 e. The average molecular weight is 491 g/mol. The zero-order chi connectivity index (χ0) is 25.3. The van der Waals surface area contributed by atoms with Crippen LogP contribution in [-0.2, 0) is 4.79 Å². The molecule has 0 bridgehead atoms. The lowest BCUT2D eigenvalue weighted by Gasteiger charge is -2.12. The van der Waals surface area contributed by atoms with Crippen LogP contribution in [0.3, 0.4) is 0 Å². The Morgan fingerprint density at radius 3 is 2.37 bits per heavy atom. The molecule has 1 atom stereocenters. The minimum absolute atomic E-state index is 0.0867. The second kappa shape index (κ2) is 9.00. The molecule has 0 spiro atoms. The maximum Gasteiger partial charge on any atom is 0.573 e. The molecule has 1 amide bonds. The number of nitrogens with zero attached hydrogens (tertiary/aromatic N) is 2. The number of halogens is 4. The standard InChI is InChI=1S/C22H17F4N5O4/c1-11(21(33)34)28-19-17(12-2-8-15(9-3-12)35-22(24,25)26)30-18-16(10-27-31(18)19)20(32)29-14-6-4-13(23)5-7-14/h2-11,28,30H,1H3,(H,29,32)(H,33,34). The summed E-state index contributed by atoms with van der Waals surface area (Å²) in [5.41, 5.74) is 1.25. The fourth-order valence-electron chi connectivity index (χ4n) is 3.25. The van der Waals surface area contributed by atoms with Gasteiger partial charge in [-0.3, -0.25) is 9.59 Å². The van der Waals surface area contributed by atoms with Gasteiger partial charge in [-0.2, -0.15) is 9.61 Å². The maximum absolute atomic E-state index is 13.1. The number of carboxylic acids is 1. The first-order chi connectivity index (χ1) is 16.5. The summed E-state index contributed by atoms with van der Waals surface area (Å²) in [7, 11) is 0. The number of carbonyl (C=O) groups is 2. The molecule has 0 radical (unpaired) electrons. The van der Waals surface area contributed by atoms with Crippen molar-refractivity contribution in [3.8, 4) is 17.0 Å². The predicted molar refractivity (Wildman–Crippen MR) is 117 cm³/mol. The van der Waals surface area contributed by atoms with Gasteiger partial charge in [0.25, 0.3) is 5.91 Å². The van der Waals surface area contributed by atoms with E-state index in [1.165, 1.54) is 54.0 Å². The summed E-state index contributed by atoms with van der Waals surface area (Å²) >= 11 is 0. The number of hydrogen-bond donors (Lipinski definition) is 4. The first-order valence-electron chi connectivity index (χ1n) is 10.0. The van der Waals surface area contributed by atoms with Crippen molar-refractivity contribution < 1.29 is 37.0 Å². The van der Waals surface area contributed by atoms with E-state index in [2.05, 4.69) is 25.5 Å². The Bertz CT molecular complexity index is 1380. The minimum Gasteiger partial charge on any atom is -0.480 e. The molecule has 9 nitrogen and oxygen atoms in total. The number of aromatic amines is 1. The molecule has 0 aliphatic carbocycles. The van der Waals surface area contributed by atoms with Crippen LogP contribution in [0.25, 0.3) is 16.9 Å². The molecule has 4 rings (SSSR count). The highest BCUT2D eigenvalue weighted by Crippen LogP contribution is 2.32.